The minimum Gasteiger partial charge on any atom is -0.492 e. The Kier molecular flexibility index (Phi) is 3.79. The molecule has 0 unspecified atom stereocenters. The Balaban J connectivity index is 2.15. The summed E-state index contributed by atoms with van der Waals surface area (Å²) < 4.78 is 6.79. The van der Waals surface area contributed by atoms with E-state index in [9.17, 15) is 5.11 Å². The average molecular weight is 299 g/mol. The Morgan fingerprint density at radius 1 is 1.41 bits per heavy atom. The normalized spacial score (nSPS) is 16.0. The summed E-state index contributed by atoms with van der Waals surface area (Å²) in [6, 6.07) is 6.06. The minimum absolute atomic E-state index is 0.136. The second-order valence-electron chi connectivity index (χ2n) is 5.44. The second kappa shape index (κ2) is 4.99. The molecule has 1 aromatic carbocycles. The van der Waals surface area contributed by atoms with Crippen molar-refractivity contribution in [3.05, 3.63) is 28.2 Å². The summed E-state index contributed by atoms with van der Waals surface area (Å²) in [5.41, 5.74) is 0.882. The van der Waals surface area contributed by atoms with E-state index in [-0.39, 0.29) is 12.0 Å². The van der Waals surface area contributed by atoms with Crippen LogP contribution in [0.25, 0.3) is 0 Å². The van der Waals surface area contributed by atoms with E-state index >= 15 is 0 Å². The quantitative estimate of drug-likeness (QED) is 0.901. The Morgan fingerprint density at radius 2 is 2.12 bits per heavy atom. The molecular weight excluding hydrogens is 280 g/mol. The molecule has 1 N–H and O–H groups in total. The molecule has 2 rings (SSSR count). The fourth-order valence-electron chi connectivity index (χ4n) is 1.62. The van der Waals surface area contributed by atoms with Gasteiger partial charge in [0.1, 0.15) is 5.75 Å². The van der Waals surface area contributed by atoms with Crippen molar-refractivity contribution < 1.29 is 9.84 Å². The van der Waals surface area contributed by atoms with Gasteiger partial charge in [-0.1, -0.05) is 19.9 Å². The number of rotatable bonds is 5. The number of halogens is 1. The molecule has 17 heavy (non-hydrogen) atoms. The summed E-state index contributed by atoms with van der Waals surface area (Å²) in [6.07, 6.45) is 2.58. The highest BCUT2D eigenvalue weighted by molar-refractivity contribution is 9.10. The van der Waals surface area contributed by atoms with Gasteiger partial charge in [0.05, 0.1) is 17.7 Å². The Hall–Kier alpha value is -0.540. The highest BCUT2D eigenvalue weighted by Gasteiger charge is 2.24. The molecule has 0 bridgehead atoms. The van der Waals surface area contributed by atoms with Crippen LogP contribution in [0.4, 0.5) is 0 Å². The van der Waals surface area contributed by atoms with Crippen LogP contribution in [0.2, 0.25) is 0 Å². The molecule has 0 heterocycles. The van der Waals surface area contributed by atoms with Crippen LogP contribution in [0, 0.1) is 5.92 Å². The van der Waals surface area contributed by atoms with Crippen molar-refractivity contribution in [3.63, 3.8) is 0 Å². The molecule has 3 heteroatoms. The minimum atomic E-state index is -0.224. The number of hydrogen-bond acceptors (Lipinski definition) is 2. The van der Waals surface area contributed by atoms with Gasteiger partial charge in [0.2, 0.25) is 0 Å². The van der Waals surface area contributed by atoms with Gasteiger partial charge in [-0.3, -0.25) is 0 Å². The first-order valence-electron chi connectivity index (χ1n) is 6.06. The van der Waals surface area contributed by atoms with Gasteiger partial charge in [-0.25, -0.2) is 0 Å². The van der Waals surface area contributed by atoms with Crippen LogP contribution in [0.1, 0.15) is 32.3 Å². The third kappa shape index (κ3) is 3.23. The van der Waals surface area contributed by atoms with Gasteiger partial charge >= 0.3 is 0 Å². The second-order valence-corrected chi connectivity index (χ2v) is 6.30. The number of hydrogen-bond donors (Lipinski definition) is 1. The fourth-order valence-corrected chi connectivity index (χ4v) is 1.98. The van der Waals surface area contributed by atoms with Gasteiger partial charge in [-0.05, 0) is 52.4 Å². The molecule has 1 aliphatic carbocycles. The van der Waals surface area contributed by atoms with Crippen molar-refractivity contribution in [2.75, 3.05) is 13.2 Å². The van der Waals surface area contributed by atoms with Crippen molar-refractivity contribution in [2.24, 2.45) is 5.92 Å². The molecule has 0 saturated heterocycles. The third-order valence-corrected chi connectivity index (χ3v) is 3.93. The lowest BCUT2D eigenvalue weighted by atomic mass is 9.85. The van der Waals surface area contributed by atoms with E-state index in [0.717, 1.165) is 28.3 Å². The summed E-state index contributed by atoms with van der Waals surface area (Å²) in [5, 5.41) is 9.38. The summed E-state index contributed by atoms with van der Waals surface area (Å²) in [5.74, 6) is 1.63. The first-order valence-corrected chi connectivity index (χ1v) is 6.86. The van der Waals surface area contributed by atoms with Gasteiger partial charge in [-0.2, -0.15) is 0 Å². The van der Waals surface area contributed by atoms with Crippen LogP contribution in [0.3, 0.4) is 0 Å². The Morgan fingerprint density at radius 3 is 2.71 bits per heavy atom. The largest absolute Gasteiger partial charge is 0.492 e. The fraction of sp³-hybridized carbons (Fsp3) is 0.571. The monoisotopic (exact) mass is 298 g/mol. The lowest BCUT2D eigenvalue weighted by molar-refractivity contribution is 0.217. The maximum atomic E-state index is 9.38. The van der Waals surface area contributed by atoms with Crippen molar-refractivity contribution >= 4 is 15.9 Å². The highest BCUT2D eigenvalue weighted by Crippen LogP contribution is 2.34. The molecule has 0 amide bonds. The average Bonchev–Trinajstić information content (AvgIpc) is 3.11. The number of aliphatic hydroxyl groups excluding tert-OH is 1. The molecule has 2 nitrogen and oxygen atoms in total. The maximum Gasteiger partial charge on any atom is 0.133 e. The molecular formula is C14H19BrO2. The molecule has 1 saturated carbocycles. The van der Waals surface area contributed by atoms with E-state index < -0.39 is 0 Å². The molecule has 0 atom stereocenters. The smallest absolute Gasteiger partial charge is 0.133 e. The summed E-state index contributed by atoms with van der Waals surface area (Å²) >= 11 is 3.50. The van der Waals surface area contributed by atoms with E-state index in [1.165, 1.54) is 12.8 Å². The zero-order valence-corrected chi connectivity index (χ0v) is 12.0. The first-order chi connectivity index (χ1) is 8.03. The third-order valence-electron chi connectivity index (χ3n) is 3.28. The van der Waals surface area contributed by atoms with E-state index in [1.807, 2.05) is 32.0 Å². The Labute approximate surface area is 111 Å². The number of aliphatic hydroxyl groups is 1. The molecule has 1 aliphatic rings. The zero-order valence-electron chi connectivity index (χ0n) is 10.4. The van der Waals surface area contributed by atoms with Crippen LogP contribution in [-0.4, -0.2) is 18.3 Å². The molecule has 1 fully saturated rings. The Bertz CT molecular complexity index is 397. The molecule has 94 valence electrons. The molecule has 0 aromatic heterocycles. The number of benzene rings is 1. The van der Waals surface area contributed by atoms with E-state index in [0.29, 0.717) is 0 Å². The lowest BCUT2D eigenvalue weighted by Gasteiger charge is -2.23. The zero-order chi connectivity index (χ0) is 12.5. The summed E-state index contributed by atoms with van der Waals surface area (Å²) in [7, 11) is 0. The van der Waals surface area contributed by atoms with Crippen molar-refractivity contribution in [1.82, 2.24) is 0 Å². The van der Waals surface area contributed by atoms with Crippen LogP contribution in [0.15, 0.2) is 22.7 Å². The number of ether oxygens (including phenoxy) is 1. The van der Waals surface area contributed by atoms with E-state index in [4.69, 9.17) is 4.74 Å². The molecule has 1 aromatic rings. The molecule has 0 radical (unpaired) electrons. The van der Waals surface area contributed by atoms with Crippen LogP contribution in [-0.2, 0) is 5.41 Å². The van der Waals surface area contributed by atoms with Gasteiger partial charge < -0.3 is 9.84 Å². The maximum absolute atomic E-state index is 9.38. The lowest BCUT2D eigenvalue weighted by Crippen LogP contribution is -2.22. The topological polar surface area (TPSA) is 29.5 Å². The van der Waals surface area contributed by atoms with Gasteiger partial charge in [0, 0.05) is 5.41 Å². The summed E-state index contributed by atoms with van der Waals surface area (Å²) in [4.78, 5) is 0. The van der Waals surface area contributed by atoms with Gasteiger partial charge in [0.15, 0.2) is 0 Å². The summed E-state index contributed by atoms with van der Waals surface area (Å²) in [6.45, 7) is 5.00. The van der Waals surface area contributed by atoms with Crippen LogP contribution >= 0.6 is 15.9 Å². The predicted molar refractivity (Wildman–Crippen MR) is 72.5 cm³/mol. The molecule has 0 spiro atoms. The standard InChI is InChI=1S/C14H19BrO2/c1-14(2,9-16)11-5-6-12(15)13(7-11)17-8-10-3-4-10/h5-7,10,16H,3-4,8-9H2,1-2H3. The predicted octanol–water partition coefficient (Wildman–Crippen LogP) is 3.51. The van der Waals surface area contributed by atoms with Crippen LogP contribution < -0.4 is 4.74 Å². The van der Waals surface area contributed by atoms with Crippen LogP contribution in [0.5, 0.6) is 5.75 Å². The first kappa shape index (κ1) is 12.9. The van der Waals surface area contributed by atoms with E-state index in [1.54, 1.807) is 0 Å². The van der Waals surface area contributed by atoms with E-state index in [2.05, 4.69) is 15.9 Å². The van der Waals surface area contributed by atoms with Gasteiger partial charge in [0.25, 0.3) is 0 Å². The van der Waals surface area contributed by atoms with Crippen molar-refractivity contribution in [2.45, 2.75) is 32.1 Å². The molecule has 0 aliphatic heterocycles. The van der Waals surface area contributed by atoms with Gasteiger partial charge in [-0.15, -0.1) is 0 Å². The highest BCUT2D eigenvalue weighted by atomic mass is 79.9. The van der Waals surface area contributed by atoms with Crippen molar-refractivity contribution in [3.8, 4) is 5.75 Å². The van der Waals surface area contributed by atoms with Crippen molar-refractivity contribution in [1.29, 1.82) is 0 Å². The SMILES string of the molecule is CC(C)(CO)c1ccc(Br)c(OCC2CC2)c1.